The van der Waals surface area contributed by atoms with E-state index in [2.05, 4.69) is 25.2 Å². The molecule has 0 bridgehead atoms. The first-order valence-electron chi connectivity index (χ1n) is 8.79. The first-order valence-corrected chi connectivity index (χ1v) is 9.17. The number of nitrogens with zero attached hydrogens (tertiary/aromatic N) is 6. The molecular formula is C18H20ClN7O. The molecule has 1 aromatic carbocycles. The van der Waals surface area contributed by atoms with E-state index >= 15 is 0 Å². The van der Waals surface area contributed by atoms with Crippen LogP contribution in [0.25, 0.3) is 5.69 Å². The molecule has 1 saturated heterocycles. The highest BCUT2D eigenvalue weighted by atomic mass is 35.5. The van der Waals surface area contributed by atoms with Crippen LogP contribution < -0.4 is 0 Å². The van der Waals surface area contributed by atoms with E-state index in [4.69, 9.17) is 11.6 Å². The SMILES string of the molecule is Cc1nc(CN2CCN(C(=O)c3cnn(-c4ccccc4Cl)c3)CC2)n[nH]1. The molecule has 1 N–H and O–H groups in total. The van der Waals surface area contributed by atoms with Crippen molar-refractivity contribution in [3.63, 3.8) is 0 Å². The summed E-state index contributed by atoms with van der Waals surface area (Å²) in [7, 11) is 0. The summed E-state index contributed by atoms with van der Waals surface area (Å²) in [6.07, 6.45) is 3.32. The maximum Gasteiger partial charge on any atom is 0.257 e. The predicted molar refractivity (Wildman–Crippen MR) is 101 cm³/mol. The lowest BCUT2D eigenvalue weighted by molar-refractivity contribution is 0.0625. The second-order valence-corrected chi connectivity index (χ2v) is 6.94. The highest BCUT2D eigenvalue weighted by Crippen LogP contribution is 2.20. The summed E-state index contributed by atoms with van der Waals surface area (Å²) in [6.45, 7) is 5.49. The Morgan fingerprint density at radius 2 is 2.00 bits per heavy atom. The van der Waals surface area contributed by atoms with Gasteiger partial charge in [-0.3, -0.25) is 14.8 Å². The minimum absolute atomic E-state index is 0.0123. The van der Waals surface area contributed by atoms with Gasteiger partial charge in [-0.25, -0.2) is 9.67 Å². The normalized spacial score (nSPS) is 15.3. The Morgan fingerprint density at radius 3 is 2.70 bits per heavy atom. The van der Waals surface area contributed by atoms with Gasteiger partial charge in [-0.15, -0.1) is 0 Å². The fraction of sp³-hybridized carbons (Fsp3) is 0.333. The molecule has 0 spiro atoms. The van der Waals surface area contributed by atoms with Crippen molar-refractivity contribution < 1.29 is 4.79 Å². The van der Waals surface area contributed by atoms with Crippen LogP contribution in [0.1, 0.15) is 22.0 Å². The highest BCUT2D eigenvalue weighted by molar-refractivity contribution is 6.32. The van der Waals surface area contributed by atoms with Gasteiger partial charge >= 0.3 is 0 Å². The lowest BCUT2D eigenvalue weighted by Gasteiger charge is -2.33. The van der Waals surface area contributed by atoms with Gasteiger partial charge in [0.05, 0.1) is 29.0 Å². The Kier molecular flexibility index (Phi) is 4.91. The quantitative estimate of drug-likeness (QED) is 0.741. The van der Waals surface area contributed by atoms with E-state index < -0.39 is 0 Å². The number of aromatic amines is 1. The maximum absolute atomic E-state index is 12.8. The Balaban J connectivity index is 1.38. The van der Waals surface area contributed by atoms with Gasteiger partial charge in [-0.05, 0) is 19.1 Å². The Morgan fingerprint density at radius 1 is 1.22 bits per heavy atom. The molecule has 0 saturated carbocycles. The molecule has 1 aliphatic heterocycles. The van der Waals surface area contributed by atoms with E-state index in [1.165, 1.54) is 0 Å². The molecule has 1 amide bonds. The molecule has 1 fully saturated rings. The highest BCUT2D eigenvalue weighted by Gasteiger charge is 2.24. The Bertz CT molecular complexity index is 943. The third-order valence-corrected chi connectivity index (χ3v) is 4.92. The molecule has 0 atom stereocenters. The smallest absolute Gasteiger partial charge is 0.257 e. The van der Waals surface area contributed by atoms with E-state index in [9.17, 15) is 4.79 Å². The predicted octanol–water partition coefficient (Wildman–Crippen LogP) is 1.91. The number of carbonyl (C=O) groups is 1. The van der Waals surface area contributed by atoms with Crippen molar-refractivity contribution in [2.45, 2.75) is 13.5 Å². The number of aromatic nitrogens is 5. The fourth-order valence-electron chi connectivity index (χ4n) is 3.15. The molecule has 0 radical (unpaired) electrons. The summed E-state index contributed by atoms with van der Waals surface area (Å²) in [5, 5.41) is 11.9. The van der Waals surface area contributed by atoms with Crippen molar-refractivity contribution in [2.24, 2.45) is 0 Å². The van der Waals surface area contributed by atoms with E-state index in [-0.39, 0.29) is 5.91 Å². The van der Waals surface area contributed by atoms with Crippen molar-refractivity contribution in [1.82, 2.24) is 34.8 Å². The van der Waals surface area contributed by atoms with Gasteiger partial charge in [0.1, 0.15) is 5.82 Å². The molecule has 140 valence electrons. The van der Waals surface area contributed by atoms with Gasteiger partial charge < -0.3 is 4.90 Å². The zero-order valence-corrected chi connectivity index (χ0v) is 15.7. The number of para-hydroxylation sites is 1. The minimum Gasteiger partial charge on any atom is -0.336 e. The largest absolute Gasteiger partial charge is 0.336 e. The van der Waals surface area contributed by atoms with Crippen molar-refractivity contribution >= 4 is 17.5 Å². The number of rotatable bonds is 4. The van der Waals surface area contributed by atoms with Crippen LogP contribution in [0, 0.1) is 6.92 Å². The van der Waals surface area contributed by atoms with Crippen LogP contribution in [0.5, 0.6) is 0 Å². The lowest BCUT2D eigenvalue weighted by atomic mass is 10.2. The van der Waals surface area contributed by atoms with Crippen LogP contribution in [0.3, 0.4) is 0 Å². The standard InChI is InChI=1S/C18H20ClN7O/c1-13-21-17(23-22-13)12-24-6-8-25(9-7-24)18(27)14-10-20-26(11-14)16-5-3-2-4-15(16)19/h2-5,10-11H,6-9,12H2,1H3,(H,21,22,23). The topological polar surface area (TPSA) is 82.9 Å². The molecule has 9 heteroatoms. The number of amides is 1. The number of halogens is 1. The summed E-state index contributed by atoms with van der Waals surface area (Å²) in [6, 6.07) is 7.42. The number of piperazine rings is 1. The first-order chi connectivity index (χ1) is 13.1. The lowest BCUT2D eigenvalue weighted by Crippen LogP contribution is -2.48. The maximum atomic E-state index is 12.8. The molecule has 8 nitrogen and oxygen atoms in total. The van der Waals surface area contributed by atoms with Gasteiger partial charge in [-0.2, -0.15) is 10.2 Å². The monoisotopic (exact) mass is 385 g/mol. The number of aryl methyl sites for hydroxylation is 1. The van der Waals surface area contributed by atoms with Gasteiger partial charge in [0.25, 0.3) is 5.91 Å². The van der Waals surface area contributed by atoms with Crippen LogP contribution in [-0.2, 0) is 6.54 Å². The summed E-state index contributed by atoms with van der Waals surface area (Å²) >= 11 is 6.21. The molecule has 27 heavy (non-hydrogen) atoms. The number of carbonyl (C=O) groups excluding carboxylic acids is 1. The molecule has 0 aliphatic carbocycles. The van der Waals surface area contributed by atoms with E-state index in [1.807, 2.05) is 30.0 Å². The van der Waals surface area contributed by atoms with Crippen LogP contribution in [0.15, 0.2) is 36.7 Å². The number of hydrogen-bond acceptors (Lipinski definition) is 5. The van der Waals surface area contributed by atoms with Crippen LogP contribution in [0.2, 0.25) is 5.02 Å². The molecule has 0 unspecified atom stereocenters. The second kappa shape index (κ2) is 7.50. The summed E-state index contributed by atoms with van der Waals surface area (Å²) in [5.74, 6) is 1.59. The van der Waals surface area contributed by atoms with Crippen molar-refractivity contribution in [3.05, 3.63) is 58.9 Å². The van der Waals surface area contributed by atoms with Crippen molar-refractivity contribution in [1.29, 1.82) is 0 Å². The van der Waals surface area contributed by atoms with Crippen molar-refractivity contribution in [3.8, 4) is 5.69 Å². The summed E-state index contributed by atoms with van der Waals surface area (Å²) < 4.78 is 1.64. The minimum atomic E-state index is -0.0123. The zero-order chi connectivity index (χ0) is 18.8. The second-order valence-electron chi connectivity index (χ2n) is 6.53. The zero-order valence-electron chi connectivity index (χ0n) is 15.0. The Labute approximate surface area is 161 Å². The molecule has 4 rings (SSSR count). The van der Waals surface area contributed by atoms with Crippen LogP contribution in [-0.4, -0.2) is 66.8 Å². The van der Waals surface area contributed by atoms with E-state index in [0.29, 0.717) is 30.2 Å². The van der Waals surface area contributed by atoms with Crippen LogP contribution >= 0.6 is 11.6 Å². The summed E-state index contributed by atoms with van der Waals surface area (Å²) in [4.78, 5) is 21.2. The molecule has 1 aliphatic rings. The van der Waals surface area contributed by atoms with Gasteiger partial charge in [0.2, 0.25) is 0 Å². The number of nitrogens with one attached hydrogen (secondary N) is 1. The van der Waals surface area contributed by atoms with Gasteiger partial charge in [-0.1, -0.05) is 23.7 Å². The average Bonchev–Trinajstić information content (AvgIpc) is 3.31. The molecule has 3 heterocycles. The molecule has 2 aromatic heterocycles. The fourth-order valence-corrected chi connectivity index (χ4v) is 3.38. The van der Waals surface area contributed by atoms with Crippen LogP contribution in [0.4, 0.5) is 0 Å². The summed E-state index contributed by atoms with van der Waals surface area (Å²) in [5.41, 5.74) is 1.32. The number of H-pyrrole nitrogens is 1. The first kappa shape index (κ1) is 17.7. The average molecular weight is 386 g/mol. The third kappa shape index (κ3) is 3.86. The van der Waals surface area contributed by atoms with E-state index in [0.717, 1.165) is 30.4 Å². The third-order valence-electron chi connectivity index (χ3n) is 4.60. The van der Waals surface area contributed by atoms with E-state index in [1.54, 1.807) is 23.1 Å². The Hall–Kier alpha value is -2.71. The number of hydrogen-bond donors (Lipinski definition) is 1. The van der Waals surface area contributed by atoms with Crippen molar-refractivity contribution in [2.75, 3.05) is 26.2 Å². The van der Waals surface area contributed by atoms with Gasteiger partial charge in [0.15, 0.2) is 5.82 Å². The van der Waals surface area contributed by atoms with Gasteiger partial charge in [0, 0.05) is 32.4 Å². The molecule has 3 aromatic rings. The molecular weight excluding hydrogens is 366 g/mol. The number of benzene rings is 1.